The molecule has 1 fully saturated rings. The number of aromatic nitrogens is 1. The van der Waals surface area contributed by atoms with Gasteiger partial charge in [-0.1, -0.05) is 12.1 Å². The van der Waals surface area contributed by atoms with Crippen LogP contribution < -0.4 is 15.9 Å². The van der Waals surface area contributed by atoms with Crippen LogP contribution in [0.2, 0.25) is 0 Å². The highest BCUT2D eigenvalue weighted by molar-refractivity contribution is 5.95. The third kappa shape index (κ3) is 4.07. The summed E-state index contributed by atoms with van der Waals surface area (Å²) in [5.41, 5.74) is 4.31. The number of anilines is 1. The third-order valence-corrected chi connectivity index (χ3v) is 4.52. The van der Waals surface area contributed by atoms with E-state index in [0.717, 1.165) is 31.7 Å². The average Bonchev–Trinajstić information content (AvgIpc) is 2.64. The lowest BCUT2D eigenvalue weighted by Crippen LogP contribution is -2.44. The van der Waals surface area contributed by atoms with Gasteiger partial charge >= 0.3 is 0 Å². The second-order valence-corrected chi connectivity index (χ2v) is 6.33. The number of nitrogens with zero attached hydrogens (tertiary/aromatic N) is 3. The highest BCUT2D eigenvalue weighted by atomic mass is 16.5. The van der Waals surface area contributed by atoms with Crippen molar-refractivity contribution in [2.75, 3.05) is 38.1 Å². The first-order valence-electron chi connectivity index (χ1n) is 8.29. The average molecular weight is 341 g/mol. The number of piperazine rings is 1. The number of pyridine rings is 1. The van der Waals surface area contributed by atoms with Crippen LogP contribution in [0.5, 0.6) is 0 Å². The van der Waals surface area contributed by atoms with Crippen LogP contribution in [-0.4, -0.2) is 53.7 Å². The lowest BCUT2D eigenvalue weighted by atomic mass is 10.1. The molecule has 2 heterocycles. The molecule has 0 aliphatic carbocycles. The van der Waals surface area contributed by atoms with Crippen molar-refractivity contribution in [3.05, 3.63) is 64.1 Å². The molecular weight excluding hydrogens is 318 g/mol. The van der Waals surface area contributed by atoms with Crippen LogP contribution in [0, 0.1) is 5.41 Å². The fourth-order valence-electron chi connectivity index (χ4n) is 2.98. The van der Waals surface area contributed by atoms with Crippen LogP contribution in [0.3, 0.4) is 0 Å². The lowest BCUT2D eigenvalue weighted by molar-refractivity contribution is 0.234. The minimum absolute atomic E-state index is 0.139. The van der Waals surface area contributed by atoms with Gasteiger partial charge in [0.15, 0.2) is 5.84 Å². The number of nitrogens with one attached hydrogen (secondary N) is 2. The van der Waals surface area contributed by atoms with Crippen molar-refractivity contribution < 1.29 is 5.21 Å². The van der Waals surface area contributed by atoms with Crippen molar-refractivity contribution in [1.29, 1.82) is 5.41 Å². The highest BCUT2D eigenvalue weighted by Gasteiger charge is 2.14. The maximum atomic E-state index is 12.1. The number of hydrogen-bond acceptors (Lipinski definition) is 5. The summed E-state index contributed by atoms with van der Waals surface area (Å²) < 4.78 is 1.55. The monoisotopic (exact) mass is 341 g/mol. The summed E-state index contributed by atoms with van der Waals surface area (Å²) in [7, 11) is 2.13. The van der Waals surface area contributed by atoms with E-state index in [0.29, 0.717) is 12.1 Å². The lowest BCUT2D eigenvalue weighted by Gasteiger charge is -2.34. The Labute approximate surface area is 146 Å². The van der Waals surface area contributed by atoms with Crippen molar-refractivity contribution >= 4 is 11.5 Å². The number of benzene rings is 1. The maximum Gasteiger partial charge on any atom is 0.250 e. The zero-order valence-electron chi connectivity index (χ0n) is 14.3. The molecule has 0 spiro atoms. The molecule has 1 aromatic heterocycles. The Kier molecular flexibility index (Phi) is 5.16. The van der Waals surface area contributed by atoms with E-state index in [2.05, 4.69) is 29.0 Å². The molecule has 3 N–H and O–H groups in total. The van der Waals surface area contributed by atoms with Crippen LogP contribution in [0.1, 0.15) is 11.1 Å². The van der Waals surface area contributed by atoms with Crippen LogP contribution in [-0.2, 0) is 6.54 Å². The molecule has 0 bridgehead atoms. The number of likely N-dealkylation sites (N-methyl/N-ethyl adjacent to an activating group) is 1. The van der Waals surface area contributed by atoms with Crippen LogP contribution >= 0.6 is 0 Å². The Morgan fingerprint density at radius 2 is 1.96 bits per heavy atom. The molecule has 25 heavy (non-hydrogen) atoms. The minimum atomic E-state index is -0.139. The van der Waals surface area contributed by atoms with Gasteiger partial charge in [-0.3, -0.25) is 20.9 Å². The van der Waals surface area contributed by atoms with Crippen molar-refractivity contribution in [2.24, 2.45) is 0 Å². The maximum absolute atomic E-state index is 12.1. The molecule has 7 nitrogen and oxygen atoms in total. The molecule has 1 aliphatic rings. The Morgan fingerprint density at radius 3 is 2.68 bits per heavy atom. The third-order valence-electron chi connectivity index (χ3n) is 4.52. The second-order valence-electron chi connectivity index (χ2n) is 6.33. The van der Waals surface area contributed by atoms with E-state index in [1.165, 1.54) is 17.8 Å². The molecular formula is C18H23N5O2. The van der Waals surface area contributed by atoms with E-state index < -0.39 is 0 Å². The van der Waals surface area contributed by atoms with E-state index in [1.54, 1.807) is 16.2 Å². The Morgan fingerprint density at radius 1 is 1.20 bits per heavy atom. The number of hydrogen-bond donors (Lipinski definition) is 3. The molecule has 0 atom stereocenters. The van der Waals surface area contributed by atoms with Gasteiger partial charge in [0.2, 0.25) is 0 Å². The Balaban J connectivity index is 1.80. The molecule has 3 rings (SSSR count). The molecule has 2 aromatic rings. The van der Waals surface area contributed by atoms with Crippen molar-refractivity contribution in [1.82, 2.24) is 14.9 Å². The molecule has 132 valence electrons. The van der Waals surface area contributed by atoms with E-state index in [4.69, 9.17) is 10.6 Å². The SMILES string of the molecule is CN1CCN(c2cccc(Cn3cc(C(=N)NO)ccc3=O)c2)CC1. The van der Waals surface area contributed by atoms with E-state index in [-0.39, 0.29) is 11.4 Å². The molecule has 0 unspecified atom stereocenters. The number of amidine groups is 1. The van der Waals surface area contributed by atoms with Gasteiger partial charge in [0.25, 0.3) is 5.56 Å². The molecule has 1 aromatic carbocycles. The summed E-state index contributed by atoms with van der Waals surface area (Å²) >= 11 is 0. The first-order chi connectivity index (χ1) is 12.1. The van der Waals surface area contributed by atoms with Gasteiger partial charge in [-0.05, 0) is 30.8 Å². The zero-order chi connectivity index (χ0) is 17.8. The fraction of sp³-hybridized carbons (Fsp3) is 0.333. The van der Waals surface area contributed by atoms with Gasteiger partial charge < -0.3 is 14.4 Å². The smallest absolute Gasteiger partial charge is 0.250 e. The first-order valence-corrected chi connectivity index (χ1v) is 8.29. The van der Waals surface area contributed by atoms with Gasteiger partial charge in [-0.25, -0.2) is 0 Å². The van der Waals surface area contributed by atoms with Gasteiger partial charge in [-0.2, -0.15) is 0 Å². The quantitative estimate of drug-likeness (QED) is 0.438. The summed E-state index contributed by atoms with van der Waals surface area (Å²) in [4.78, 5) is 16.8. The first kappa shape index (κ1) is 17.2. The molecule has 0 radical (unpaired) electrons. The molecule has 1 saturated heterocycles. The van der Waals surface area contributed by atoms with Gasteiger partial charge in [0.05, 0.1) is 6.54 Å². The summed E-state index contributed by atoms with van der Waals surface area (Å²) in [6.07, 6.45) is 1.58. The molecule has 0 saturated carbocycles. The molecule has 1 aliphatic heterocycles. The largest absolute Gasteiger partial charge is 0.369 e. The van der Waals surface area contributed by atoms with Crippen LogP contribution in [0.15, 0.2) is 47.4 Å². The van der Waals surface area contributed by atoms with E-state index in [1.807, 2.05) is 12.1 Å². The van der Waals surface area contributed by atoms with Crippen molar-refractivity contribution in [3.63, 3.8) is 0 Å². The number of rotatable bonds is 4. The summed E-state index contributed by atoms with van der Waals surface area (Å²) in [5, 5.41) is 16.5. The van der Waals surface area contributed by atoms with E-state index >= 15 is 0 Å². The highest BCUT2D eigenvalue weighted by Crippen LogP contribution is 2.18. The topological polar surface area (TPSA) is 84.6 Å². The number of hydroxylamine groups is 1. The van der Waals surface area contributed by atoms with E-state index in [9.17, 15) is 4.79 Å². The van der Waals surface area contributed by atoms with Crippen molar-refractivity contribution in [3.8, 4) is 0 Å². The van der Waals surface area contributed by atoms with Gasteiger partial charge in [0.1, 0.15) is 0 Å². The normalized spacial score (nSPS) is 15.2. The van der Waals surface area contributed by atoms with Gasteiger partial charge in [0, 0.05) is 49.7 Å². The van der Waals surface area contributed by atoms with Crippen LogP contribution in [0.25, 0.3) is 0 Å². The zero-order valence-corrected chi connectivity index (χ0v) is 14.3. The minimum Gasteiger partial charge on any atom is -0.369 e. The van der Waals surface area contributed by atoms with Crippen LogP contribution in [0.4, 0.5) is 5.69 Å². The molecule has 0 amide bonds. The molecule has 7 heteroatoms. The standard InChI is InChI=1S/C18H23N5O2/c1-21-7-9-22(10-8-21)16-4-2-3-14(11-16)12-23-13-15(18(19)20-25)5-6-17(23)24/h2-6,11,13,25H,7-10,12H2,1H3,(H2,19,20). The summed E-state index contributed by atoms with van der Waals surface area (Å²) in [6.45, 7) is 4.50. The Hall–Kier alpha value is -2.64. The second kappa shape index (κ2) is 7.50. The fourth-order valence-corrected chi connectivity index (χ4v) is 2.98. The predicted octanol–water partition coefficient (Wildman–Crippen LogP) is 0.953. The Bertz CT molecular complexity index is 809. The summed E-state index contributed by atoms with van der Waals surface area (Å²) in [5.74, 6) is -0.139. The predicted molar refractivity (Wildman–Crippen MR) is 97.7 cm³/mol. The van der Waals surface area contributed by atoms with Crippen molar-refractivity contribution in [2.45, 2.75) is 6.54 Å². The van der Waals surface area contributed by atoms with Gasteiger partial charge in [-0.15, -0.1) is 0 Å². The summed E-state index contributed by atoms with van der Waals surface area (Å²) in [6, 6.07) is 11.1.